The highest BCUT2D eigenvalue weighted by atomic mass is 35.5. The fourth-order valence-electron chi connectivity index (χ4n) is 2.31. The van der Waals surface area contributed by atoms with Crippen molar-refractivity contribution in [3.05, 3.63) is 52.5 Å². The molecule has 6 nitrogen and oxygen atoms in total. The Bertz CT molecular complexity index is 837. The highest BCUT2D eigenvalue weighted by Crippen LogP contribution is 2.28. The number of methoxy groups -OCH3 is 1. The van der Waals surface area contributed by atoms with Crippen molar-refractivity contribution in [2.45, 2.75) is 26.8 Å². The highest BCUT2D eigenvalue weighted by Gasteiger charge is 2.13. The first-order chi connectivity index (χ1) is 12.8. The average Bonchev–Trinajstić information content (AvgIpc) is 2.62. The number of benzene rings is 2. The number of anilines is 1. The van der Waals surface area contributed by atoms with Crippen molar-refractivity contribution in [2.24, 2.45) is 0 Å². The molecule has 0 aliphatic rings. The highest BCUT2D eigenvalue weighted by molar-refractivity contribution is 6.31. The predicted octanol–water partition coefficient (Wildman–Crippen LogP) is 3.81. The molecule has 0 unspecified atom stereocenters. The van der Waals surface area contributed by atoms with E-state index in [9.17, 15) is 9.59 Å². The third-order valence-electron chi connectivity index (χ3n) is 3.66. The molecule has 0 saturated heterocycles. The van der Waals surface area contributed by atoms with Gasteiger partial charge in [0.2, 0.25) is 0 Å². The first kappa shape index (κ1) is 20.6. The number of rotatable bonds is 7. The van der Waals surface area contributed by atoms with Gasteiger partial charge in [0.25, 0.3) is 11.8 Å². The Balaban J connectivity index is 2.08. The molecular weight excluding hydrogens is 368 g/mol. The molecule has 0 heterocycles. The molecule has 2 rings (SSSR count). The number of aryl methyl sites for hydroxylation is 1. The van der Waals surface area contributed by atoms with Crippen LogP contribution in [0.15, 0.2) is 36.4 Å². The number of hydrogen-bond donors (Lipinski definition) is 2. The number of halogens is 1. The number of amides is 2. The number of ether oxygens (including phenoxy) is 2. The van der Waals surface area contributed by atoms with Gasteiger partial charge in [-0.3, -0.25) is 9.59 Å². The minimum absolute atomic E-state index is 0.0318. The number of nitrogens with one attached hydrogen (secondary N) is 2. The van der Waals surface area contributed by atoms with Crippen LogP contribution in [0, 0.1) is 6.92 Å². The van der Waals surface area contributed by atoms with Crippen LogP contribution < -0.4 is 20.1 Å². The zero-order valence-electron chi connectivity index (χ0n) is 15.8. The largest absolute Gasteiger partial charge is 0.493 e. The summed E-state index contributed by atoms with van der Waals surface area (Å²) in [6.07, 6.45) is 0. The van der Waals surface area contributed by atoms with Gasteiger partial charge in [-0.2, -0.15) is 0 Å². The van der Waals surface area contributed by atoms with Crippen LogP contribution in [0.1, 0.15) is 29.8 Å². The van der Waals surface area contributed by atoms with Crippen molar-refractivity contribution in [1.29, 1.82) is 0 Å². The van der Waals surface area contributed by atoms with Crippen molar-refractivity contribution in [3.8, 4) is 11.5 Å². The van der Waals surface area contributed by atoms with Gasteiger partial charge in [0.15, 0.2) is 18.1 Å². The third-order valence-corrected chi connectivity index (χ3v) is 4.07. The fraction of sp³-hybridized carbons (Fsp3) is 0.300. The maximum atomic E-state index is 12.5. The van der Waals surface area contributed by atoms with Crippen LogP contribution in [-0.2, 0) is 4.79 Å². The second-order valence-electron chi connectivity index (χ2n) is 6.29. The van der Waals surface area contributed by atoms with Crippen molar-refractivity contribution in [3.63, 3.8) is 0 Å². The Morgan fingerprint density at radius 2 is 1.85 bits per heavy atom. The van der Waals surface area contributed by atoms with Crippen LogP contribution in [0.4, 0.5) is 5.69 Å². The van der Waals surface area contributed by atoms with Crippen molar-refractivity contribution in [1.82, 2.24) is 5.32 Å². The SMILES string of the molecule is COc1cc(C(=O)Nc2ccc(C)c(Cl)c2)ccc1OCC(=O)NC(C)C. The van der Waals surface area contributed by atoms with E-state index in [1.54, 1.807) is 30.3 Å². The van der Waals surface area contributed by atoms with Crippen LogP contribution in [0.2, 0.25) is 5.02 Å². The van der Waals surface area contributed by atoms with Gasteiger partial charge in [0, 0.05) is 22.3 Å². The van der Waals surface area contributed by atoms with E-state index >= 15 is 0 Å². The summed E-state index contributed by atoms with van der Waals surface area (Å²) in [5.41, 5.74) is 1.92. The van der Waals surface area contributed by atoms with Crippen LogP contribution in [0.25, 0.3) is 0 Å². The molecule has 0 saturated carbocycles. The van der Waals surface area contributed by atoms with Crippen LogP contribution in [-0.4, -0.2) is 31.6 Å². The predicted molar refractivity (Wildman–Crippen MR) is 106 cm³/mol. The molecule has 2 N–H and O–H groups in total. The molecule has 27 heavy (non-hydrogen) atoms. The zero-order chi connectivity index (χ0) is 20.0. The first-order valence-electron chi connectivity index (χ1n) is 8.48. The molecule has 2 aromatic rings. The average molecular weight is 391 g/mol. The van der Waals surface area contributed by atoms with Gasteiger partial charge in [0.05, 0.1) is 7.11 Å². The van der Waals surface area contributed by atoms with E-state index in [-0.39, 0.29) is 24.5 Å². The minimum atomic E-state index is -0.308. The molecule has 0 radical (unpaired) electrons. The van der Waals surface area contributed by atoms with Gasteiger partial charge in [-0.25, -0.2) is 0 Å². The lowest BCUT2D eigenvalue weighted by Gasteiger charge is -2.13. The summed E-state index contributed by atoms with van der Waals surface area (Å²) in [5, 5.41) is 6.10. The number of hydrogen-bond acceptors (Lipinski definition) is 4. The summed E-state index contributed by atoms with van der Waals surface area (Å²) in [6, 6.07) is 10.1. The standard InChI is InChI=1S/C20H23ClN2O4/c1-12(2)22-19(24)11-27-17-8-6-14(9-18(17)26-4)20(25)23-15-7-5-13(3)16(21)10-15/h5-10,12H,11H2,1-4H3,(H,22,24)(H,23,25). The molecule has 0 aliphatic heterocycles. The second kappa shape index (κ2) is 9.28. The molecule has 0 fully saturated rings. The Morgan fingerprint density at radius 3 is 2.48 bits per heavy atom. The monoisotopic (exact) mass is 390 g/mol. The smallest absolute Gasteiger partial charge is 0.258 e. The van der Waals surface area contributed by atoms with E-state index in [4.69, 9.17) is 21.1 Å². The molecule has 0 spiro atoms. The summed E-state index contributed by atoms with van der Waals surface area (Å²) in [6.45, 7) is 5.49. The number of carbonyl (C=O) groups excluding carboxylic acids is 2. The summed E-state index contributed by atoms with van der Waals surface area (Å²) in [4.78, 5) is 24.2. The summed E-state index contributed by atoms with van der Waals surface area (Å²) in [7, 11) is 1.47. The molecule has 2 amide bonds. The molecule has 144 valence electrons. The normalized spacial score (nSPS) is 10.4. The third kappa shape index (κ3) is 5.89. The zero-order valence-corrected chi connectivity index (χ0v) is 16.5. The van der Waals surface area contributed by atoms with E-state index in [1.807, 2.05) is 26.8 Å². The molecule has 0 bridgehead atoms. The minimum Gasteiger partial charge on any atom is -0.493 e. The summed E-state index contributed by atoms with van der Waals surface area (Å²) >= 11 is 6.08. The fourth-order valence-corrected chi connectivity index (χ4v) is 2.49. The Labute approximate surface area is 163 Å². The lowest BCUT2D eigenvalue weighted by atomic mass is 10.1. The lowest BCUT2D eigenvalue weighted by molar-refractivity contribution is -0.123. The first-order valence-corrected chi connectivity index (χ1v) is 8.85. The maximum absolute atomic E-state index is 12.5. The van der Waals surface area contributed by atoms with Crippen LogP contribution >= 0.6 is 11.6 Å². The lowest BCUT2D eigenvalue weighted by Crippen LogP contribution is -2.34. The van der Waals surface area contributed by atoms with Gasteiger partial charge in [-0.05, 0) is 56.7 Å². The van der Waals surface area contributed by atoms with Gasteiger partial charge in [-0.1, -0.05) is 17.7 Å². The molecule has 0 atom stereocenters. The second-order valence-corrected chi connectivity index (χ2v) is 6.70. The maximum Gasteiger partial charge on any atom is 0.258 e. The van der Waals surface area contributed by atoms with E-state index in [2.05, 4.69) is 10.6 Å². The Kier molecular flexibility index (Phi) is 7.07. The molecular formula is C20H23ClN2O4. The molecule has 0 aromatic heterocycles. The van der Waals surface area contributed by atoms with Crippen molar-refractivity contribution in [2.75, 3.05) is 19.0 Å². The van der Waals surface area contributed by atoms with E-state index in [0.717, 1.165) is 5.56 Å². The quantitative estimate of drug-likeness (QED) is 0.753. The van der Waals surface area contributed by atoms with Gasteiger partial charge in [0.1, 0.15) is 0 Å². The van der Waals surface area contributed by atoms with Crippen molar-refractivity contribution < 1.29 is 19.1 Å². The van der Waals surface area contributed by atoms with Crippen LogP contribution in [0.5, 0.6) is 11.5 Å². The van der Waals surface area contributed by atoms with Gasteiger partial charge >= 0.3 is 0 Å². The van der Waals surface area contributed by atoms with Gasteiger partial charge in [-0.15, -0.1) is 0 Å². The van der Waals surface area contributed by atoms with E-state index in [0.29, 0.717) is 27.8 Å². The molecule has 2 aromatic carbocycles. The Morgan fingerprint density at radius 1 is 1.11 bits per heavy atom. The topological polar surface area (TPSA) is 76.7 Å². The van der Waals surface area contributed by atoms with Crippen molar-refractivity contribution >= 4 is 29.1 Å². The van der Waals surface area contributed by atoms with E-state index < -0.39 is 0 Å². The Hall–Kier alpha value is -2.73. The van der Waals surface area contributed by atoms with E-state index in [1.165, 1.54) is 7.11 Å². The molecule has 7 heteroatoms. The summed E-state index contributed by atoms with van der Waals surface area (Å²) < 4.78 is 10.8. The molecule has 0 aliphatic carbocycles. The van der Waals surface area contributed by atoms with Gasteiger partial charge < -0.3 is 20.1 Å². The van der Waals surface area contributed by atoms with Crippen LogP contribution in [0.3, 0.4) is 0 Å². The number of carbonyl (C=O) groups is 2. The summed E-state index contributed by atoms with van der Waals surface area (Å²) in [5.74, 6) is 0.204.